The molecule has 1 aromatic heterocycles. The molecule has 0 amide bonds. The number of sulfonamides is 1. The number of rotatable bonds is 10. The van der Waals surface area contributed by atoms with Crippen LogP contribution in [0.25, 0.3) is 0 Å². The normalized spacial score (nSPS) is 12.0. The van der Waals surface area contributed by atoms with Gasteiger partial charge in [0.2, 0.25) is 10.0 Å². The Labute approximate surface area is 128 Å². The fourth-order valence-corrected chi connectivity index (χ4v) is 3.69. The third-order valence-electron chi connectivity index (χ3n) is 3.30. The predicted octanol–water partition coefficient (Wildman–Crippen LogP) is 2.20. The largest absolute Gasteiger partial charge is 0.349 e. The monoisotopic (exact) mass is 313 g/mol. The molecule has 0 aromatic carbocycles. The molecule has 0 bridgehead atoms. The molecule has 0 aliphatic carbocycles. The summed E-state index contributed by atoms with van der Waals surface area (Å²) in [5.41, 5.74) is 1.01. The first-order chi connectivity index (χ1) is 10.0. The molecule has 0 aliphatic rings. The van der Waals surface area contributed by atoms with E-state index in [1.165, 1.54) is 4.31 Å². The number of aromatic nitrogens is 1. The van der Waals surface area contributed by atoms with Crippen LogP contribution in [-0.2, 0) is 23.1 Å². The van der Waals surface area contributed by atoms with Crippen LogP contribution in [0.5, 0.6) is 0 Å². The molecule has 1 aromatic rings. The maximum atomic E-state index is 12.6. The van der Waals surface area contributed by atoms with Crippen molar-refractivity contribution in [2.24, 2.45) is 0 Å². The quantitative estimate of drug-likeness (QED) is 0.674. The zero-order valence-electron chi connectivity index (χ0n) is 13.3. The highest BCUT2D eigenvalue weighted by molar-refractivity contribution is 7.89. The fraction of sp³-hybridized carbons (Fsp3) is 0.600. The van der Waals surface area contributed by atoms with Gasteiger partial charge < -0.3 is 9.88 Å². The smallest absolute Gasteiger partial charge is 0.244 e. The maximum absolute atomic E-state index is 12.6. The minimum absolute atomic E-state index is 0.334. The lowest BCUT2D eigenvalue weighted by Crippen LogP contribution is -2.30. The van der Waals surface area contributed by atoms with Crippen LogP contribution in [0.2, 0.25) is 0 Å². The van der Waals surface area contributed by atoms with Gasteiger partial charge in [-0.15, -0.1) is 6.58 Å². The Morgan fingerprint density at radius 1 is 1.38 bits per heavy atom. The van der Waals surface area contributed by atoms with E-state index in [0.717, 1.165) is 25.2 Å². The third kappa shape index (κ3) is 4.43. The fourth-order valence-electron chi connectivity index (χ4n) is 2.21. The van der Waals surface area contributed by atoms with Gasteiger partial charge in [0.15, 0.2) is 0 Å². The van der Waals surface area contributed by atoms with E-state index in [2.05, 4.69) is 18.8 Å². The third-order valence-corrected chi connectivity index (χ3v) is 5.21. The van der Waals surface area contributed by atoms with E-state index in [1.807, 2.05) is 18.4 Å². The Bertz CT molecular complexity index is 549. The molecular formula is C15H27N3O2S. The molecular weight excluding hydrogens is 286 g/mol. The Morgan fingerprint density at radius 2 is 2.10 bits per heavy atom. The van der Waals surface area contributed by atoms with Gasteiger partial charge in [0.05, 0.1) is 0 Å². The summed E-state index contributed by atoms with van der Waals surface area (Å²) in [7, 11) is -3.44. The van der Waals surface area contributed by atoms with Crippen LogP contribution < -0.4 is 5.32 Å². The van der Waals surface area contributed by atoms with Crippen molar-refractivity contribution in [3.8, 4) is 0 Å². The molecule has 21 heavy (non-hydrogen) atoms. The van der Waals surface area contributed by atoms with Crippen LogP contribution in [0.4, 0.5) is 0 Å². The van der Waals surface area contributed by atoms with E-state index < -0.39 is 10.0 Å². The second-order valence-corrected chi connectivity index (χ2v) is 6.82. The summed E-state index contributed by atoms with van der Waals surface area (Å²) in [6.45, 7) is 12.7. The molecule has 6 heteroatoms. The first-order valence-corrected chi connectivity index (χ1v) is 8.96. The number of nitrogens with zero attached hydrogens (tertiary/aromatic N) is 2. The van der Waals surface area contributed by atoms with E-state index in [9.17, 15) is 8.42 Å². The summed E-state index contributed by atoms with van der Waals surface area (Å²) < 4.78 is 28.7. The number of nitrogens with one attached hydrogen (secondary N) is 1. The van der Waals surface area contributed by atoms with Crippen molar-refractivity contribution in [3.63, 3.8) is 0 Å². The highest BCUT2D eigenvalue weighted by atomic mass is 32.2. The van der Waals surface area contributed by atoms with E-state index in [-0.39, 0.29) is 0 Å². The van der Waals surface area contributed by atoms with Crippen LogP contribution in [-0.4, -0.2) is 36.9 Å². The molecule has 0 saturated carbocycles. The van der Waals surface area contributed by atoms with E-state index in [0.29, 0.717) is 24.5 Å². The van der Waals surface area contributed by atoms with Crippen LogP contribution >= 0.6 is 0 Å². The average Bonchev–Trinajstić information content (AvgIpc) is 2.86. The lowest BCUT2D eigenvalue weighted by Gasteiger charge is -2.17. The van der Waals surface area contributed by atoms with Gasteiger partial charge in [0, 0.05) is 38.1 Å². The van der Waals surface area contributed by atoms with Gasteiger partial charge in [-0.05, 0) is 19.0 Å². The zero-order valence-corrected chi connectivity index (χ0v) is 14.1. The van der Waals surface area contributed by atoms with Crippen LogP contribution in [0, 0.1) is 0 Å². The summed E-state index contributed by atoms with van der Waals surface area (Å²) in [5.74, 6) is 0. The first kappa shape index (κ1) is 17.9. The van der Waals surface area contributed by atoms with Crippen LogP contribution in [0.15, 0.2) is 29.8 Å². The Kier molecular flexibility index (Phi) is 7.14. The molecule has 1 rings (SSSR count). The minimum atomic E-state index is -3.44. The second kappa shape index (κ2) is 8.36. The second-order valence-electron chi connectivity index (χ2n) is 4.89. The number of likely N-dealkylation sites (N-methyl/N-ethyl adjacent to an activating group) is 1. The predicted molar refractivity (Wildman–Crippen MR) is 86.7 cm³/mol. The van der Waals surface area contributed by atoms with Crippen molar-refractivity contribution < 1.29 is 8.42 Å². The van der Waals surface area contributed by atoms with Crippen molar-refractivity contribution in [1.82, 2.24) is 14.2 Å². The summed E-state index contributed by atoms with van der Waals surface area (Å²) in [5, 5.41) is 3.25. The SMILES string of the molecule is C=CCN(CC)S(=O)(=O)c1cc(CNCC)n(CCC)c1. The van der Waals surface area contributed by atoms with Gasteiger partial charge in [-0.25, -0.2) is 8.42 Å². The van der Waals surface area contributed by atoms with Gasteiger partial charge in [-0.1, -0.05) is 26.8 Å². The van der Waals surface area contributed by atoms with E-state index >= 15 is 0 Å². The van der Waals surface area contributed by atoms with Crippen molar-refractivity contribution in [2.45, 2.75) is 45.2 Å². The molecule has 5 nitrogen and oxygen atoms in total. The Morgan fingerprint density at radius 3 is 2.62 bits per heavy atom. The highest BCUT2D eigenvalue weighted by Gasteiger charge is 2.24. The lowest BCUT2D eigenvalue weighted by atomic mass is 10.4. The van der Waals surface area contributed by atoms with Gasteiger partial charge in [0.25, 0.3) is 0 Å². The molecule has 1 heterocycles. The topological polar surface area (TPSA) is 54.3 Å². The lowest BCUT2D eigenvalue weighted by molar-refractivity contribution is 0.459. The average molecular weight is 313 g/mol. The summed E-state index contributed by atoms with van der Waals surface area (Å²) in [4.78, 5) is 0.368. The van der Waals surface area contributed by atoms with Crippen molar-refractivity contribution in [3.05, 3.63) is 30.6 Å². The van der Waals surface area contributed by atoms with Crippen molar-refractivity contribution in [2.75, 3.05) is 19.6 Å². The summed E-state index contributed by atoms with van der Waals surface area (Å²) >= 11 is 0. The van der Waals surface area contributed by atoms with Gasteiger partial charge in [-0.3, -0.25) is 0 Å². The number of hydrogen-bond donors (Lipinski definition) is 1. The minimum Gasteiger partial charge on any atom is -0.349 e. The molecule has 0 saturated heterocycles. The van der Waals surface area contributed by atoms with Crippen LogP contribution in [0.3, 0.4) is 0 Å². The zero-order chi connectivity index (χ0) is 15.9. The van der Waals surface area contributed by atoms with Crippen molar-refractivity contribution in [1.29, 1.82) is 0 Å². The van der Waals surface area contributed by atoms with Gasteiger partial charge in [-0.2, -0.15) is 4.31 Å². The maximum Gasteiger partial charge on any atom is 0.244 e. The number of hydrogen-bond acceptors (Lipinski definition) is 3. The molecule has 0 aliphatic heterocycles. The summed E-state index contributed by atoms with van der Waals surface area (Å²) in [6.07, 6.45) is 4.33. The van der Waals surface area contributed by atoms with Gasteiger partial charge in [0.1, 0.15) is 4.90 Å². The molecule has 0 atom stereocenters. The standard InChI is InChI=1S/C15H27N3O2S/c1-5-9-17-13-15(11-14(17)12-16-7-3)21(19,20)18(8-4)10-6-2/h6,11,13,16H,2,5,7-10,12H2,1,3-4H3. The van der Waals surface area contributed by atoms with E-state index in [1.54, 1.807) is 18.3 Å². The highest BCUT2D eigenvalue weighted by Crippen LogP contribution is 2.19. The van der Waals surface area contributed by atoms with Gasteiger partial charge >= 0.3 is 0 Å². The molecule has 0 spiro atoms. The van der Waals surface area contributed by atoms with Crippen LogP contribution in [0.1, 0.15) is 32.9 Å². The molecule has 0 unspecified atom stereocenters. The Balaban J connectivity index is 3.13. The molecule has 0 fully saturated rings. The summed E-state index contributed by atoms with van der Waals surface area (Å²) in [6, 6.07) is 1.78. The molecule has 1 N–H and O–H groups in total. The molecule has 120 valence electrons. The number of aryl methyl sites for hydroxylation is 1. The van der Waals surface area contributed by atoms with E-state index in [4.69, 9.17) is 0 Å². The van der Waals surface area contributed by atoms with Crippen molar-refractivity contribution >= 4 is 10.0 Å². The Hall–Kier alpha value is -1.11. The molecule has 0 radical (unpaired) electrons. The first-order valence-electron chi connectivity index (χ1n) is 7.52.